The summed E-state index contributed by atoms with van der Waals surface area (Å²) in [6.45, 7) is 3.59. The second-order valence-electron chi connectivity index (χ2n) is 6.73. The Morgan fingerprint density at radius 1 is 0.935 bits per heavy atom. The van der Waals surface area contributed by atoms with Gasteiger partial charge in [0.15, 0.2) is 5.82 Å². The number of alkyl halides is 3. The number of rotatable bonds is 6. The molecular weight excluding hydrogens is 418 g/mol. The molecule has 0 aliphatic carbocycles. The molecule has 3 aromatic rings. The first kappa shape index (κ1) is 22.3. The Morgan fingerprint density at radius 2 is 1.65 bits per heavy atom. The van der Waals surface area contributed by atoms with E-state index in [4.69, 9.17) is 4.74 Å². The van der Waals surface area contributed by atoms with E-state index < -0.39 is 34.6 Å². The number of aryl methyl sites for hydroxylation is 1. The average Bonchev–Trinajstić information content (AvgIpc) is 2.70. The molecule has 0 aliphatic heterocycles. The van der Waals surface area contributed by atoms with Gasteiger partial charge >= 0.3 is 6.18 Å². The summed E-state index contributed by atoms with van der Waals surface area (Å²) in [7, 11) is 0. The highest BCUT2D eigenvalue weighted by molar-refractivity contribution is 5.86. The van der Waals surface area contributed by atoms with E-state index >= 15 is 0 Å². The molecule has 0 fully saturated rings. The van der Waals surface area contributed by atoms with Crippen molar-refractivity contribution in [3.63, 3.8) is 0 Å². The Kier molecular flexibility index (Phi) is 6.59. The van der Waals surface area contributed by atoms with E-state index in [1.54, 1.807) is 12.1 Å². The van der Waals surface area contributed by atoms with Crippen LogP contribution < -0.4 is 4.74 Å². The number of benzene rings is 3. The molecule has 0 radical (unpaired) electrons. The molecule has 0 heterocycles. The highest BCUT2D eigenvalue weighted by Gasteiger charge is 2.24. The van der Waals surface area contributed by atoms with E-state index in [1.807, 2.05) is 18.2 Å². The molecule has 160 valence electrons. The van der Waals surface area contributed by atoms with Gasteiger partial charge in [0.2, 0.25) is 0 Å². The summed E-state index contributed by atoms with van der Waals surface area (Å²) < 4.78 is 85.4. The summed E-state index contributed by atoms with van der Waals surface area (Å²) in [5.41, 5.74) is 0.261. The van der Waals surface area contributed by atoms with Crippen molar-refractivity contribution in [1.82, 2.24) is 0 Å². The fraction of sp³-hybridized carbons (Fsp3) is 0.167. The third-order valence-corrected chi connectivity index (χ3v) is 4.44. The Balaban J connectivity index is 1.85. The first-order chi connectivity index (χ1) is 14.7. The Labute approximate surface area is 175 Å². The first-order valence-corrected chi connectivity index (χ1v) is 9.20. The lowest BCUT2D eigenvalue weighted by molar-refractivity contribution is -0.0696. The molecule has 0 amide bonds. The van der Waals surface area contributed by atoms with Crippen LogP contribution in [0.15, 0.2) is 55.1 Å². The van der Waals surface area contributed by atoms with Gasteiger partial charge in [0.1, 0.15) is 24.0 Å². The number of halogens is 6. The fourth-order valence-electron chi connectivity index (χ4n) is 2.99. The van der Waals surface area contributed by atoms with E-state index in [-0.39, 0.29) is 12.0 Å². The third kappa shape index (κ3) is 5.60. The summed E-state index contributed by atoms with van der Waals surface area (Å²) in [5.74, 6) is -1.13. The quantitative estimate of drug-likeness (QED) is 0.234. The molecule has 0 bridgehead atoms. The van der Waals surface area contributed by atoms with Crippen LogP contribution in [-0.4, -0.2) is 6.18 Å². The van der Waals surface area contributed by atoms with Crippen molar-refractivity contribution in [2.45, 2.75) is 25.6 Å². The zero-order chi connectivity index (χ0) is 22.6. The standard InChI is InChI=1S/C24H16F6O/c1-2-3-4-15-5-7-18(8-6-15)31-14-16-11-17-13-20(25)19(9-10-24(28,29)30)23(27)22(17)21(26)12-16/h2,5-8,11-13H,1,3-4,14H2. The summed E-state index contributed by atoms with van der Waals surface area (Å²) in [4.78, 5) is 0. The highest BCUT2D eigenvalue weighted by Crippen LogP contribution is 2.28. The maximum atomic E-state index is 14.5. The maximum Gasteiger partial charge on any atom is 0.458 e. The smallest absolute Gasteiger partial charge is 0.458 e. The summed E-state index contributed by atoms with van der Waals surface area (Å²) in [6, 6.07) is 10.3. The molecule has 3 aromatic carbocycles. The van der Waals surface area contributed by atoms with Gasteiger partial charge in [-0.05, 0) is 59.7 Å². The van der Waals surface area contributed by atoms with Crippen molar-refractivity contribution in [3.05, 3.63) is 89.3 Å². The monoisotopic (exact) mass is 434 g/mol. The summed E-state index contributed by atoms with van der Waals surface area (Å²) in [6.07, 6.45) is -1.44. The van der Waals surface area contributed by atoms with Crippen LogP contribution in [0.2, 0.25) is 0 Å². The van der Waals surface area contributed by atoms with E-state index in [2.05, 4.69) is 6.58 Å². The lowest BCUT2D eigenvalue weighted by atomic mass is 10.0. The molecule has 0 N–H and O–H groups in total. The largest absolute Gasteiger partial charge is 0.489 e. The van der Waals surface area contributed by atoms with Gasteiger partial charge in [-0.25, -0.2) is 13.2 Å². The van der Waals surface area contributed by atoms with Gasteiger partial charge in [0.05, 0.1) is 10.9 Å². The minimum atomic E-state index is -4.93. The lowest BCUT2D eigenvalue weighted by Crippen LogP contribution is -2.03. The average molecular weight is 434 g/mol. The van der Waals surface area contributed by atoms with Crippen LogP contribution in [0.25, 0.3) is 10.8 Å². The maximum absolute atomic E-state index is 14.5. The predicted octanol–water partition coefficient (Wildman–Crippen LogP) is 6.87. The second-order valence-corrected chi connectivity index (χ2v) is 6.73. The van der Waals surface area contributed by atoms with Crippen LogP contribution in [0.1, 0.15) is 23.1 Å². The Bertz CT molecular complexity index is 1170. The van der Waals surface area contributed by atoms with Crippen molar-refractivity contribution in [2.24, 2.45) is 0 Å². The fourth-order valence-corrected chi connectivity index (χ4v) is 2.99. The normalized spacial score (nSPS) is 11.2. The van der Waals surface area contributed by atoms with Crippen molar-refractivity contribution >= 4 is 10.8 Å². The van der Waals surface area contributed by atoms with Crippen molar-refractivity contribution in [3.8, 4) is 17.6 Å². The van der Waals surface area contributed by atoms with Gasteiger partial charge in [-0.3, -0.25) is 0 Å². The van der Waals surface area contributed by atoms with E-state index in [9.17, 15) is 26.3 Å². The number of hydrogen-bond acceptors (Lipinski definition) is 1. The van der Waals surface area contributed by atoms with Crippen molar-refractivity contribution in [1.29, 1.82) is 0 Å². The third-order valence-electron chi connectivity index (χ3n) is 4.44. The van der Waals surface area contributed by atoms with Crippen LogP contribution in [0.4, 0.5) is 26.3 Å². The minimum Gasteiger partial charge on any atom is -0.489 e. The molecule has 3 rings (SSSR count). The van der Waals surface area contributed by atoms with Crippen LogP contribution in [0.3, 0.4) is 0 Å². The lowest BCUT2D eigenvalue weighted by Gasteiger charge is -2.10. The number of fused-ring (bicyclic) bond motifs is 1. The minimum absolute atomic E-state index is 0.0717. The van der Waals surface area contributed by atoms with Gasteiger partial charge in [0.25, 0.3) is 0 Å². The first-order valence-electron chi connectivity index (χ1n) is 9.20. The van der Waals surface area contributed by atoms with Crippen molar-refractivity contribution < 1.29 is 31.1 Å². The Hall–Kier alpha value is -3.40. The zero-order valence-electron chi connectivity index (χ0n) is 16.1. The van der Waals surface area contributed by atoms with Crippen molar-refractivity contribution in [2.75, 3.05) is 0 Å². The molecule has 31 heavy (non-hydrogen) atoms. The molecular formula is C24H16F6O. The number of hydrogen-bond donors (Lipinski definition) is 0. The SMILES string of the molecule is C=CCCc1ccc(OCc2cc(F)c3c(F)c(C#CC(F)(F)F)c(F)cc3c2)cc1. The molecule has 0 aliphatic rings. The van der Waals surface area contributed by atoms with Crippen LogP contribution >= 0.6 is 0 Å². The predicted molar refractivity (Wildman–Crippen MR) is 106 cm³/mol. The van der Waals surface area contributed by atoms with Crippen LogP contribution in [0.5, 0.6) is 5.75 Å². The van der Waals surface area contributed by atoms with Gasteiger partial charge < -0.3 is 4.74 Å². The number of ether oxygens (including phenoxy) is 1. The number of allylic oxidation sites excluding steroid dienone is 1. The highest BCUT2D eigenvalue weighted by atomic mass is 19.4. The molecule has 1 nitrogen and oxygen atoms in total. The molecule has 0 unspecified atom stereocenters. The van der Waals surface area contributed by atoms with Crippen LogP contribution in [-0.2, 0) is 13.0 Å². The molecule has 0 spiro atoms. The summed E-state index contributed by atoms with van der Waals surface area (Å²) in [5, 5.41) is -0.783. The topological polar surface area (TPSA) is 9.23 Å². The second kappa shape index (κ2) is 9.17. The van der Waals surface area contributed by atoms with E-state index in [0.29, 0.717) is 11.3 Å². The molecule has 7 heteroatoms. The van der Waals surface area contributed by atoms with E-state index in [1.165, 1.54) is 12.0 Å². The molecule has 0 saturated carbocycles. The van der Waals surface area contributed by atoms with Gasteiger partial charge in [-0.15, -0.1) is 6.58 Å². The molecule has 0 aromatic heterocycles. The molecule has 0 saturated heterocycles. The molecule has 0 atom stereocenters. The van der Waals surface area contributed by atoms with Gasteiger partial charge in [-0.1, -0.05) is 24.1 Å². The van der Waals surface area contributed by atoms with Gasteiger partial charge in [-0.2, -0.15) is 13.2 Å². The summed E-state index contributed by atoms with van der Waals surface area (Å²) >= 11 is 0. The van der Waals surface area contributed by atoms with Gasteiger partial charge in [0, 0.05) is 5.92 Å². The zero-order valence-corrected chi connectivity index (χ0v) is 16.1. The Morgan fingerprint density at radius 3 is 2.29 bits per heavy atom. The van der Waals surface area contributed by atoms with E-state index in [0.717, 1.165) is 36.5 Å². The van der Waals surface area contributed by atoms with Crippen LogP contribution in [0, 0.1) is 29.3 Å².